The van der Waals surface area contributed by atoms with Gasteiger partial charge in [-0.2, -0.15) is 0 Å². The van der Waals surface area contributed by atoms with Crippen LogP contribution in [0.4, 0.5) is 4.79 Å². The van der Waals surface area contributed by atoms with Crippen molar-refractivity contribution in [3.05, 3.63) is 42.2 Å². The fraction of sp³-hybridized carbons (Fsp3) is 0.458. The zero-order chi connectivity index (χ0) is 26.6. The number of aromatic hydroxyl groups is 2. The van der Waals surface area contributed by atoms with Crippen LogP contribution >= 0.6 is 63.7 Å². The number of hydrogen-bond donors (Lipinski definition) is 3. The van der Waals surface area contributed by atoms with Gasteiger partial charge >= 0.3 is 6.09 Å². The number of hydrogen-bond acceptors (Lipinski definition) is 6. The number of nitrogens with one attached hydrogen (secondary N) is 1. The van der Waals surface area contributed by atoms with Crippen LogP contribution in [0.1, 0.15) is 47.0 Å². The highest BCUT2D eigenvalue weighted by atomic mass is 79.9. The molecule has 2 rings (SSSR count). The second kappa shape index (κ2) is 15.8. The molecule has 0 radical (unpaired) electrons. The van der Waals surface area contributed by atoms with Gasteiger partial charge in [-0.1, -0.05) is 13.3 Å². The van der Waals surface area contributed by atoms with Gasteiger partial charge in [0.15, 0.2) is 0 Å². The van der Waals surface area contributed by atoms with Crippen molar-refractivity contribution in [3.8, 4) is 23.0 Å². The second-order valence-corrected chi connectivity index (χ2v) is 11.7. The second-order valence-electron chi connectivity index (χ2n) is 8.30. The predicted molar refractivity (Wildman–Crippen MR) is 152 cm³/mol. The van der Waals surface area contributed by atoms with E-state index in [0.29, 0.717) is 40.9 Å². The zero-order valence-electron chi connectivity index (χ0n) is 20.1. The summed E-state index contributed by atoms with van der Waals surface area (Å²) in [4.78, 5) is 11.5. The van der Waals surface area contributed by atoms with Gasteiger partial charge < -0.3 is 29.7 Å². The highest BCUT2D eigenvalue weighted by Crippen LogP contribution is 2.36. The number of unbranched alkanes of at least 4 members (excludes halogenated alkanes) is 1. The van der Waals surface area contributed by atoms with E-state index in [4.69, 9.17) is 24.4 Å². The van der Waals surface area contributed by atoms with E-state index >= 15 is 0 Å². The van der Waals surface area contributed by atoms with Gasteiger partial charge in [-0.15, -0.1) is 0 Å². The van der Waals surface area contributed by atoms with E-state index in [1.807, 2.05) is 32.9 Å². The zero-order valence-corrected chi connectivity index (χ0v) is 26.4. The van der Waals surface area contributed by atoms with Crippen LogP contribution in [0, 0.1) is 0 Å². The Balaban J connectivity index is 0.000000507. The summed E-state index contributed by atoms with van der Waals surface area (Å²) < 4.78 is 19.6. The largest absolute Gasteiger partial charge is 0.507 e. The van der Waals surface area contributed by atoms with Crippen molar-refractivity contribution >= 4 is 69.8 Å². The number of phenolic OH excluding ortho intramolecular Hbond substituents is 2. The molecule has 11 heteroatoms. The number of amides is 1. The molecule has 0 heterocycles. The Morgan fingerprint density at radius 1 is 0.829 bits per heavy atom. The smallest absolute Gasteiger partial charge is 0.407 e. The molecule has 0 fully saturated rings. The lowest BCUT2D eigenvalue weighted by atomic mass is 10.2. The molecule has 0 aromatic heterocycles. The minimum Gasteiger partial charge on any atom is -0.507 e. The Hall–Kier alpha value is -1.17. The predicted octanol–water partition coefficient (Wildman–Crippen LogP) is 8.31. The summed E-state index contributed by atoms with van der Waals surface area (Å²) >= 11 is 13.2. The van der Waals surface area contributed by atoms with Gasteiger partial charge in [-0.3, -0.25) is 0 Å². The highest BCUT2D eigenvalue weighted by molar-refractivity contribution is 9.11. The molecular weight excluding hydrogens is 718 g/mol. The molecule has 0 unspecified atom stereocenters. The fourth-order valence-corrected chi connectivity index (χ4v) is 4.56. The molecule has 0 spiro atoms. The maximum Gasteiger partial charge on any atom is 0.407 e. The maximum atomic E-state index is 11.5. The van der Waals surface area contributed by atoms with Gasteiger partial charge in [0.25, 0.3) is 0 Å². The van der Waals surface area contributed by atoms with Gasteiger partial charge in [0.1, 0.15) is 28.6 Å². The SMILES string of the molecule is CCCCOc1cc(OCCCNC(=O)OC(C)(C)C)c(Br)cc1Br.Oc1cc(O)c(Br)cc1Br. The molecule has 0 saturated heterocycles. The normalized spacial score (nSPS) is 10.7. The monoisotopic (exact) mass is 745 g/mol. The number of carbonyl (C=O) groups excluding carboxylic acids is 1. The summed E-state index contributed by atoms with van der Waals surface area (Å²) in [5.74, 6) is 1.53. The number of rotatable bonds is 9. The van der Waals surface area contributed by atoms with Crippen molar-refractivity contribution in [2.24, 2.45) is 0 Å². The van der Waals surface area contributed by atoms with Crippen LogP contribution in [0.2, 0.25) is 0 Å². The van der Waals surface area contributed by atoms with Gasteiger partial charge in [0, 0.05) is 18.7 Å². The molecule has 196 valence electrons. The molecule has 0 saturated carbocycles. The molecule has 2 aromatic rings. The average Bonchev–Trinajstić information content (AvgIpc) is 2.74. The Labute approximate surface area is 240 Å². The highest BCUT2D eigenvalue weighted by Gasteiger charge is 2.15. The van der Waals surface area contributed by atoms with Gasteiger partial charge in [0.05, 0.1) is 31.1 Å². The van der Waals surface area contributed by atoms with Crippen LogP contribution in [0.5, 0.6) is 23.0 Å². The summed E-state index contributed by atoms with van der Waals surface area (Å²) in [6.45, 7) is 9.27. The van der Waals surface area contributed by atoms with E-state index < -0.39 is 11.7 Å². The first kappa shape index (κ1) is 31.9. The van der Waals surface area contributed by atoms with E-state index in [2.05, 4.69) is 76.0 Å². The van der Waals surface area contributed by atoms with Crippen LogP contribution in [0.15, 0.2) is 42.2 Å². The summed E-state index contributed by atoms with van der Waals surface area (Å²) in [6, 6.07) is 6.61. The van der Waals surface area contributed by atoms with Crippen LogP contribution < -0.4 is 14.8 Å². The molecule has 35 heavy (non-hydrogen) atoms. The molecule has 2 aromatic carbocycles. The summed E-state index contributed by atoms with van der Waals surface area (Å²) in [5, 5.41) is 20.7. The van der Waals surface area contributed by atoms with E-state index in [0.717, 1.165) is 27.5 Å². The molecule has 0 bridgehead atoms. The molecule has 0 aliphatic carbocycles. The third kappa shape index (κ3) is 13.1. The number of ether oxygens (including phenoxy) is 3. The van der Waals surface area contributed by atoms with E-state index in [-0.39, 0.29) is 11.5 Å². The summed E-state index contributed by atoms with van der Waals surface area (Å²) in [7, 11) is 0. The van der Waals surface area contributed by atoms with Gasteiger partial charge in [-0.25, -0.2) is 4.79 Å². The van der Waals surface area contributed by atoms with E-state index in [9.17, 15) is 4.79 Å². The minimum atomic E-state index is -0.489. The molecule has 7 nitrogen and oxygen atoms in total. The summed E-state index contributed by atoms with van der Waals surface area (Å²) in [5.41, 5.74) is -0.489. The lowest BCUT2D eigenvalue weighted by Gasteiger charge is -2.19. The average molecular weight is 749 g/mol. The number of halogens is 4. The fourth-order valence-electron chi connectivity index (χ4n) is 2.34. The van der Waals surface area contributed by atoms with Gasteiger partial charge in [0.2, 0.25) is 0 Å². The van der Waals surface area contributed by atoms with Crippen LogP contribution in [0.25, 0.3) is 0 Å². The standard InChI is InChI=1S/C18H27Br2NO4.C6H4Br2O2/c1-5-6-9-23-15-12-16(14(20)11-13(15)19)24-10-7-8-21-17(22)25-18(2,3)4;7-3-1-4(8)6(10)2-5(3)9/h11-12H,5-10H2,1-4H3,(H,21,22);1-2,9-10H. The Morgan fingerprint density at radius 2 is 1.31 bits per heavy atom. The van der Waals surface area contributed by atoms with E-state index in [1.54, 1.807) is 6.07 Å². The van der Waals surface area contributed by atoms with Crippen LogP contribution in [-0.4, -0.2) is 41.7 Å². The quantitative estimate of drug-likeness (QED) is 0.224. The number of benzene rings is 2. The molecule has 0 aliphatic rings. The van der Waals surface area contributed by atoms with Crippen molar-refractivity contribution in [3.63, 3.8) is 0 Å². The van der Waals surface area contributed by atoms with Gasteiger partial charge in [-0.05, 0) is 109 Å². The maximum absolute atomic E-state index is 11.5. The van der Waals surface area contributed by atoms with Crippen molar-refractivity contribution < 1.29 is 29.2 Å². The molecular formula is C24H31Br4NO6. The Kier molecular flexibility index (Phi) is 14.4. The number of alkyl carbamates (subject to hydrolysis) is 1. The number of carbonyl (C=O) groups is 1. The molecule has 0 atom stereocenters. The minimum absolute atomic E-state index is 0.0284. The summed E-state index contributed by atoms with van der Waals surface area (Å²) in [6.07, 6.45) is 2.36. The molecule has 0 aliphatic heterocycles. The molecule has 3 N–H and O–H groups in total. The van der Waals surface area contributed by atoms with Crippen molar-refractivity contribution in [2.45, 2.75) is 52.6 Å². The first-order valence-electron chi connectivity index (χ1n) is 10.9. The first-order valence-corrected chi connectivity index (χ1v) is 14.1. The van der Waals surface area contributed by atoms with Crippen LogP contribution in [0.3, 0.4) is 0 Å². The first-order chi connectivity index (χ1) is 16.3. The Morgan fingerprint density at radius 3 is 1.77 bits per heavy atom. The third-order valence-corrected chi connectivity index (χ3v) is 6.51. The van der Waals surface area contributed by atoms with Crippen molar-refractivity contribution in [2.75, 3.05) is 19.8 Å². The topological polar surface area (TPSA) is 97.3 Å². The third-order valence-electron chi connectivity index (χ3n) is 4.01. The number of phenols is 2. The van der Waals surface area contributed by atoms with Crippen molar-refractivity contribution in [1.82, 2.24) is 5.32 Å². The van der Waals surface area contributed by atoms with Crippen molar-refractivity contribution in [1.29, 1.82) is 0 Å². The lowest BCUT2D eigenvalue weighted by molar-refractivity contribution is 0.0525. The van der Waals surface area contributed by atoms with E-state index in [1.165, 1.54) is 6.07 Å². The lowest BCUT2D eigenvalue weighted by Crippen LogP contribution is -2.33. The molecule has 1 amide bonds. The van der Waals surface area contributed by atoms with Crippen LogP contribution in [-0.2, 0) is 4.74 Å². The Bertz CT molecular complexity index is 916.